The van der Waals surface area contributed by atoms with E-state index in [1.54, 1.807) is 24.8 Å². The van der Waals surface area contributed by atoms with Gasteiger partial charge in [-0.2, -0.15) is 5.10 Å². The van der Waals surface area contributed by atoms with Crippen molar-refractivity contribution in [2.75, 3.05) is 10.6 Å². The molecule has 8 nitrogen and oxygen atoms in total. The first kappa shape index (κ1) is 21.7. The normalized spacial score (nSPS) is 13.8. The van der Waals surface area contributed by atoms with Crippen LogP contribution in [-0.4, -0.2) is 32.0 Å². The maximum atomic E-state index is 13.2. The number of carbonyl (C=O) groups is 2. The Morgan fingerprint density at radius 3 is 2.25 bits per heavy atom. The summed E-state index contributed by atoms with van der Waals surface area (Å²) in [7, 11) is 0. The number of pyridine rings is 2. The molecule has 0 spiro atoms. The summed E-state index contributed by atoms with van der Waals surface area (Å²) >= 11 is 0. The maximum absolute atomic E-state index is 13.2. The molecule has 0 unspecified atom stereocenters. The summed E-state index contributed by atoms with van der Waals surface area (Å²) in [5.74, 6) is -0.389. The van der Waals surface area contributed by atoms with Gasteiger partial charge in [0.1, 0.15) is 0 Å². The minimum Gasteiger partial charge on any atom is -0.325 e. The lowest BCUT2D eigenvalue weighted by atomic mass is 10.0. The summed E-state index contributed by atoms with van der Waals surface area (Å²) in [4.78, 5) is 34.4. The zero-order chi connectivity index (χ0) is 24.5. The zero-order valence-electron chi connectivity index (χ0n) is 19.3. The molecule has 8 heteroatoms. The average molecular weight is 475 g/mol. The van der Waals surface area contributed by atoms with Gasteiger partial charge >= 0.3 is 0 Å². The number of nitrogens with zero attached hydrogens (tertiary/aromatic N) is 3. The van der Waals surface area contributed by atoms with E-state index in [-0.39, 0.29) is 17.5 Å². The van der Waals surface area contributed by atoms with Crippen LogP contribution in [0.3, 0.4) is 0 Å². The van der Waals surface area contributed by atoms with Crippen LogP contribution in [0, 0.1) is 0 Å². The third-order valence-corrected chi connectivity index (χ3v) is 6.26. The highest BCUT2D eigenvalue weighted by Gasteiger charge is 2.16. The monoisotopic (exact) mass is 474 g/mol. The molecule has 6 rings (SSSR count). The van der Waals surface area contributed by atoms with Crippen LogP contribution < -0.4 is 10.6 Å². The van der Waals surface area contributed by atoms with Gasteiger partial charge in [-0.3, -0.25) is 24.7 Å². The second kappa shape index (κ2) is 9.07. The van der Waals surface area contributed by atoms with Gasteiger partial charge in [0, 0.05) is 35.3 Å². The van der Waals surface area contributed by atoms with Crippen molar-refractivity contribution >= 4 is 34.1 Å². The van der Waals surface area contributed by atoms with Crippen molar-refractivity contribution in [1.82, 2.24) is 20.2 Å². The van der Waals surface area contributed by atoms with Gasteiger partial charge < -0.3 is 10.6 Å². The fraction of sp³-hybridized carbons (Fsp3) is 0.107. The molecule has 8 bridgehead atoms. The van der Waals surface area contributed by atoms with E-state index in [1.807, 2.05) is 42.5 Å². The van der Waals surface area contributed by atoms with E-state index in [0.29, 0.717) is 23.2 Å². The molecule has 176 valence electrons. The number of amides is 2. The number of nitrogens with one attached hydrogen (secondary N) is 3. The molecule has 0 radical (unpaired) electrons. The summed E-state index contributed by atoms with van der Waals surface area (Å²) in [5.41, 5.74) is 6.94. The highest BCUT2D eigenvalue weighted by molar-refractivity contribution is 6.11. The molecular weight excluding hydrogens is 452 g/mol. The highest BCUT2D eigenvalue weighted by atomic mass is 16.2. The first-order valence-electron chi connectivity index (χ1n) is 11.7. The summed E-state index contributed by atoms with van der Waals surface area (Å²) in [6, 6.07) is 17.6. The van der Waals surface area contributed by atoms with Gasteiger partial charge in [0.05, 0.1) is 29.3 Å². The lowest BCUT2D eigenvalue weighted by Gasteiger charge is -2.10. The molecule has 4 heterocycles. The van der Waals surface area contributed by atoms with Crippen LogP contribution in [0.25, 0.3) is 33.2 Å². The topological polar surface area (TPSA) is 113 Å². The highest BCUT2D eigenvalue weighted by Crippen LogP contribution is 2.28. The van der Waals surface area contributed by atoms with Crippen LogP contribution in [0.5, 0.6) is 0 Å². The number of aromatic nitrogens is 4. The number of aryl methyl sites for hydroxylation is 1. The number of anilines is 2. The van der Waals surface area contributed by atoms with Crippen molar-refractivity contribution in [2.45, 2.75) is 19.3 Å². The first-order valence-corrected chi connectivity index (χ1v) is 11.7. The second-order valence-corrected chi connectivity index (χ2v) is 8.81. The molecular formula is C28H22N6O2. The number of fused-ring (bicyclic) bond motifs is 9. The van der Waals surface area contributed by atoms with Crippen LogP contribution in [-0.2, 0) is 11.2 Å². The Morgan fingerprint density at radius 2 is 1.44 bits per heavy atom. The van der Waals surface area contributed by atoms with Gasteiger partial charge in [-0.15, -0.1) is 0 Å². The van der Waals surface area contributed by atoms with Gasteiger partial charge in [-0.1, -0.05) is 30.3 Å². The number of benzene rings is 2. The molecule has 1 aliphatic rings. The van der Waals surface area contributed by atoms with Crippen LogP contribution in [0.4, 0.5) is 11.4 Å². The van der Waals surface area contributed by atoms with E-state index in [0.717, 1.165) is 46.2 Å². The Kier molecular flexibility index (Phi) is 5.46. The van der Waals surface area contributed by atoms with Gasteiger partial charge in [0.15, 0.2) is 5.69 Å². The first-order chi connectivity index (χ1) is 17.6. The minimum absolute atomic E-state index is 0.0550. The molecule has 0 aliphatic carbocycles. The van der Waals surface area contributed by atoms with E-state index >= 15 is 0 Å². The second-order valence-electron chi connectivity index (χ2n) is 8.81. The largest absolute Gasteiger partial charge is 0.325 e. The smallest absolute Gasteiger partial charge is 0.276 e. The number of carbonyl (C=O) groups excluding carboxylic acids is 2. The molecule has 36 heavy (non-hydrogen) atoms. The van der Waals surface area contributed by atoms with Crippen molar-refractivity contribution in [3.8, 4) is 22.3 Å². The van der Waals surface area contributed by atoms with Gasteiger partial charge in [0.25, 0.3) is 5.91 Å². The number of aromatic amines is 1. The van der Waals surface area contributed by atoms with Gasteiger partial charge in [0.2, 0.25) is 5.91 Å². The Morgan fingerprint density at radius 1 is 0.694 bits per heavy atom. The molecule has 0 saturated heterocycles. The van der Waals surface area contributed by atoms with Crippen molar-refractivity contribution in [3.63, 3.8) is 0 Å². The van der Waals surface area contributed by atoms with E-state index in [9.17, 15) is 9.59 Å². The summed E-state index contributed by atoms with van der Waals surface area (Å²) in [6.07, 6.45) is 8.64. The predicted molar refractivity (Wildman–Crippen MR) is 139 cm³/mol. The van der Waals surface area contributed by atoms with Crippen molar-refractivity contribution in [3.05, 3.63) is 90.6 Å². The lowest BCUT2D eigenvalue weighted by Crippen LogP contribution is -2.13. The molecule has 3 aromatic heterocycles. The van der Waals surface area contributed by atoms with E-state index in [2.05, 4.69) is 42.9 Å². The molecule has 2 aromatic carbocycles. The number of rotatable bonds is 0. The quantitative estimate of drug-likeness (QED) is 0.285. The summed E-state index contributed by atoms with van der Waals surface area (Å²) < 4.78 is 0. The maximum Gasteiger partial charge on any atom is 0.276 e. The van der Waals surface area contributed by atoms with E-state index in [1.165, 1.54) is 0 Å². The molecule has 0 atom stereocenters. The standard InChI is InChI=1S/C28H22N6O2/c35-26-6-2-4-17-3-1-5-18(9-17)20-11-23(16-30-13-20)32-28(36)27-24-12-19(7-8-25(24)33-34-27)21-10-22(31-26)15-29-14-21/h1,3,5,7-16H,2,4,6H2,(H,31,35)(H,32,36)(H,33,34). The fourth-order valence-corrected chi connectivity index (χ4v) is 4.47. The van der Waals surface area contributed by atoms with Crippen molar-refractivity contribution in [1.29, 1.82) is 0 Å². The van der Waals surface area contributed by atoms with Crippen LogP contribution in [0.15, 0.2) is 79.4 Å². The van der Waals surface area contributed by atoms with Crippen LogP contribution in [0.1, 0.15) is 28.9 Å². The van der Waals surface area contributed by atoms with Crippen LogP contribution >= 0.6 is 0 Å². The number of hydrogen-bond donors (Lipinski definition) is 3. The van der Waals surface area contributed by atoms with Crippen molar-refractivity contribution < 1.29 is 9.59 Å². The molecule has 0 saturated carbocycles. The Hall–Kier alpha value is -4.85. The summed E-state index contributed by atoms with van der Waals surface area (Å²) in [5, 5.41) is 13.8. The molecule has 1 aliphatic heterocycles. The minimum atomic E-state index is -0.334. The Labute approximate surface area is 206 Å². The van der Waals surface area contributed by atoms with Crippen molar-refractivity contribution in [2.24, 2.45) is 0 Å². The van der Waals surface area contributed by atoms with E-state index < -0.39 is 0 Å². The third-order valence-electron chi connectivity index (χ3n) is 6.26. The molecule has 3 N–H and O–H groups in total. The Balaban J connectivity index is 1.44. The third kappa shape index (κ3) is 4.32. The molecule has 2 amide bonds. The zero-order valence-corrected chi connectivity index (χ0v) is 19.3. The Bertz CT molecular complexity index is 1620. The van der Waals surface area contributed by atoms with Crippen LogP contribution in [0.2, 0.25) is 0 Å². The van der Waals surface area contributed by atoms with Gasteiger partial charge in [-0.25, -0.2) is 0 Å². The number of H-pyrrole nitrogens is 1. The lowest BCUT2D eigenvalue weighted by molar-refractivity contribution is -0.116. The fourth-order valence-electron chi connectivity index (χ4n) is 4.47. The summed E-state index contributed by atoms with van der Waals surface area (Å²) in [6.45, 7) is 0. The molecule has 0 fully saturated rings. The SMILES string of the molecule is O=C1CCCc2cccc(c2)-c2cncc(c2)NC(=O)c2n[nH]c3ccc(cc23)-c2cncc(c2)N1. The van der Waals surface area contributed by atoms with Gasteiger partial charge in [-0.05, 0) is 53.8 Å². The number of hydrogen-bond acceptors (Lipinski definition) is 5. The predicted octanol–water partition coefficient (Wildman–Crippen LogP) is 5.21. The molecule has 5 aromatic rings. The average Bonchev–Trinajstić information content (AvgIpc) is 3.32. The van der Waals surface area contributed by atoms with E-state index in [4.69, 9.17) is 0 Å².